The molecule has 3 aromatic carbocycles. The van der Waals surface area contributed by atoms with E-state index in [4.69, 9.17) is 14.6 Å². The van der Waals surface area contributed by atoms with Gasteiger partial charge in [0.2, 0.25) is 0 Å². The van der Waals surface area contributed by atoms with E-state index in [-0.39, 0.29) is 11.9 Å². The van der Waals surface area contributed by atoms with Gasteiger partial charge in [0.05, 0.1) is 25.4 Å². The first kappa shape index (κ1) is 24.0. The minimum absolute atomic E-state index is 0.122. The number of hydrogen-bond donors (Lipinski definition) is 2. The summed E-state index contributed by atoms with van der Waals surface area (Å²) in [5.41, 5.74) is 2.04. The summed E-state index contributed by atoms with van der Waals surface area (Å²) in [5, 5.41) is 18.8. The number of thioether (sulfide) groups is 1. The van der Waals surface area contributed by atoms with Crippen molar-refractivity contribution in [3.8, 4) is 0 Å². The molecule has 0 radical (unpaired) electrons. The molecule has 0 spiro atoms. The summed E-state index contributed by atoms with van der Waals surface area (Å²) in [7, 11) is 0. The number of carbonyl (C=O) groups excluding carboxylic acids is 1. The Bertz CT molecular complexity index is 921. The number of ether oxygens (including phenoxy) is 2. The third kappa shape index (κ3) is 7.80. The molecule has 3 atom stereocenters. The van der Waals surface area contributed by atoms with Gasteiger partial charge in [-0.25, -0.2) is 4.79 Å². The van der Waals surface area contributed by atoms with Crippen LogP contribution in [0.5, 0.6) is 0 Å². The van der Waals surface area contributed by atoms with Gasteiger partial charge in [0.25, 0.3) is 0 Å². The SMILES string of the molecule is O=C(OC1S[C@H](COCc2ccccc2)C[C@@H]1O)c1ccccc1.OCc1ccccc1. The third-order valence-electron chi connectivity index (χ3n) is 4.82. The normalized spacial score (nSPS) is 19.6. The largest absolute Gasteiger partial charge is 0.445 e. The lowest BCUT2D eigenvalue weighted by Gasteiger charge is -2.15. The average molecular weight is 453 g/mol. The predicted molar refractivity (Wildman–Crippen MR) is 126 cm³/mol. The molecule has 0 saturated carbocycles. The second-order valence-corrected chi connectivity index (χ2v) is 8.75. The molecule has 6 heteroatoms. The fourth-order valence-electron chi connectivity index (χ4n) is 3.14. The first-order chi connectivity index (χ1) is 15.7. The van der Waals surface area contributed by atoms with Gasteiger partial charge in [-0.3, -0.25) is 0 Å². The number of aliphatic hydroxyl groups is 2. The standard InChI is InChI=1S/C19H20O4S.C7H8O/c20-17-11-16(13-22-12-14-7-3-1-4-8-14)24-19(17)23-18(21)15-9-5-2-6-10-15;8-6-7-4-2-1-3-5-7/h1-10,16-17,19-20H,11-13H2;1-5,8H,6H2/t16-,17-,19?;/m0./s1. The van der Waals surface area contributed by atoms with Gasteiger partial charge in [-0.15, -0.1) is 11.8 Å². The molecule has 0 bridgehead atoms. The first-order valence-corrected chi connectivity index (χ1v) is 11.5. The maximum atomic E-state index is 12.1. The number of benzene rings is 3. The fourth-order valence-corrected chi connectivity index (χ4v) is 4.44. The molecule has 1 aliphatic rings. The Morgan fingerprint density at radius 3 is 2.00 bits per heavy atom. The highest BCUT2D eigenvalue weighted by atomic mass is 32.2. The molecule has 5 nitrogen and oxygen atoms in total. The van der Waals surface area contributed by atoms with E-state index >= 15 is 0 Å². The van der Waals surface area contributed by atoms with Crippen molar-refractivity contribution in [2.45, 2.75) is 36.4 Å². The lowest BCUT2D eigenvalue weighted by atomic mass is 10.2. The van der Waals surface area contributed by atoms with Crippen LogP contribution in [0.25, 0.3) is 0 Å². The number of esters is 1. The summed E-state index contributed by atoms with van der Waals surface area (Å²) < 4.78 is 11.1. The van der Waals surface area contributed by atoms with Crippen LogP contribution >= 0.6 is 11.8 Å². The van der Waals surface area contributed by atoms with Crippen LogP contribution in [0.3, 0.4) is 0 Å². The zero-order valence-corrected chi connectivity index (χ0v) is 18.6. The minimum Gasteiger partial charge on any atom is -0.445 e. The van der Waals surface area contributed by atoms with Gasteiger partial charge in [0, 0.05) is 5.25 Å². The van der Waals surface area contributed by atoms with E-state index in [2.05, 4.69) is 0 Å². The Kier molecular flexibility index (Phi) is 9.78. The van der Waals surface area contributed by atoms with Crippen LogP contribution in [0.4, 0.5) is 0 Å². The van der Waals surface area contributed by atoms with Crippen molar-refractivity contribution in [2.24, 2.45) is 0 Å². The Hall–Kier alpha value is -2.64. The lowest BCUT2D eigenvalue weighted by molar-refractivity contribution is 0.0157. The van der Waals surface area contributed by atoms with Crippen LogP contribution in [0, 0.1) is 0 Å². The summed E-state index contributed by atoms with van der Waals surface area (Å²) in [6.07, 6.45) is -0.0976. The topological polar surface area (TPSA) is 76.0 Å². The maximum absolute atomic E-state index is 12.1. The molecule has 4 rings (SSSR count). The molecule has 1 aliphatic heterocycles. The molecule has 32 heavy (non-hydrogen) atoms. The second kappa shape index (κ2) is 13.0. The van der Waals surface area contributed by atoms with Crippen LogP contribution in [-0.2, 0) is 22.7 Å². The molecule has 1 heterocycles. The zero-order chi connectivity index (χ0) is 22.6. The van der Waals surface area contributed by atoms with E-state index < -0.39 is 17.5 Å². The van der Waals surface area contributed by atoms with E-state index in [9.17, 15) is 9.90 Å². The molecule has 3 aromatic rings. The molecular weight excluding hydrogens is 424 g/mol. The molecule has 168 valence electrons. The number of carbonyl (C=O) groups is 1. The second-order valence-electron chi connectivity index (χ2n) is 7.35. The summed E-state index contributed by atoms with van der Waals surface area (Å²) >= 11 is 1.46. The van der Waals surface area contributed by atoms with E-state index in [1.54, 1.807) is 24.3 Å². The molecular formula is C26H28O5S. The Balaban J connectivity index is 0.000000305. The first-order valence-electron chi connectivity index (χ1n) is 10.5. The Morgan fingerprint density at radius 2 is 1.44 bits per heavy atom. The molecule has 2 N–H and O–H groups in total. The smallest absolute Gasteiger partial charge is 0.339 e. The van der Waals surface area contributed by atoms with Crippen LogP contribution in [0.2, 0.25) is 0 Å². The van der Waals surface area contributed by atoms with Crippen molar-refractivity contribution >= 4 is 17.7 Å². The molecule has 1 fully saturated rings. The number of rotatable bonds is 7. The summed E-state index contributed by atoms with van der Waals surface area (Å²) in [6.45, 7) is 1.21. The van der Waals surface area contributed by atoms with E-state index in [1.165, 1.54) is 11.8 Å². The van der Waals surface area contributed by atoms with E-state index in [0.29, 0.717) is 25.2 Å². The number of hydrogen-bond acceptors (Lipinski definition) is 6. The van der Waals surface area contributed by atoms with E-state index in [0.717, 1.165) is 11.1 Å². The third-order valence-corrected chi connectivity index (χ3v) is 6.21. The highest BCUT2D eigenvalue weighted by Gasteiger charge is 2.36. The number of aliphatic hydroxyl groups excluding tert-OH is 2. The van der Waals surface area contributed by atoms with Crippen molar-refractivity contribution < 1.29 is 24.5 Å². The Morgan fingerprint density at radius 1 is 0.875 bits per heavy atom. The van der Waals surface area contributed by atoms with Crippen molar-refractivity contribution in [3.63, 3.8) is 0 Å². The summed E-state index contributed by atoms with van der Waals surface area (Å²) in [6, 6.07) is 28.3. The fraction of sp³-hybridized carbons (Fsp3) is 0.269. The highest BCUT2D eigenvalue weighted by Crippen LogP contribution is 2.35. The minimum atomic E-state index is -0.659. The molecule has 1 unspecified atom stereocenters. The monoisotopic (exact) mass is 452 g/mol. The van der Waals surface area contributed by atoms with Crippen molar-refractivity contribution in [2.75, 3.05) is 6.61 Å². The van der Waals surface area contributed by atoms with Crippen molar-refractivity contribution in [1.29, 1.82) is 0 Å². The van der Waals surface area contributed by atoms with E-state index in [1.807, 2.05) is 66.7 Å². The van der Waals surface area contributed by atoms with Crippen LogP contribution in [0.15, 0.2) is 91.0 Å². The molecule has 0 aliphatic carbocycles. The van der Waals surface area contributed by atoms with Gasteiger partial charge in [0.15, 0.2) is 5.44 Å². The highest BCUT2D eigenvalue weighted by molar-refractivity contribution is 8.00. The van der Waals surface area contributed by atoms with Gasteiger partial charge in [-0.2, -0.15) is 0 Å². The van der Waals surface area contributed by atoms with Crippen LogP contribution < -0.4 is 0 Å². The van der Waals surface area contributed by atoms with Gasteiger partial charge >= 0.3 is 5.97 Å². The van der Waals surface area contributed by atoms with Gasteiger partial charge < -0.3 is 19.7 Å². The predicted octanol–water partition coefficient (Wildman–Crippen LogP) is 4.43. The molecule has 0 aromatic heterocycles. The maximum Gasteiger partial charge on any atom is 0.339 e. The summed E-state index contributed by atoms with van der Waals surface area (Å²) in [5.74, 6) is -0.405. The molecule has 1 saturated heterocycles. The quantitative estimate of drug-likeness (QED) is 0.517. The van der Waals surface area contributed by atoms with Crippen LogP contribution in [0.1, 0.15) is 27.9 Å². The van der Waals surface area contributed by atoms with Gasteiger partial charge in [-0.05, 0) is 29.7 Å². The summed E-state index contributed by atoms with van der Waals surface area (Å²) in [4.78, 5) is 12.1. The van der Waals surface area contributed by atoms with Crippen molar-refractivity contribution in [3.05, 3.63) is 108 Å². The zero-order valence-electron chi connectivity index (χ0n) is 17.7. The van der Waals surface area contributed by atoms with Gasteiger partial charge in [-0.1, -0.05) is 78.9 Å². The van der Waals surface area contributed by atoms with Gasteiger partial charge in [0.1, 0.15) is 6.10 Å². The lowest BCUT2D eigenvalue weighted by Crippen LogP contribution is -2.23. The molecule has 0 amide bonds. The van der Waals surface area contributed by atoms with Crippen LogP contribution in [-0.4, -0.2) is 39.6 Å². The average Bonchev–Trinajstić information content (AvgIpc) is 3.20. The Labute approximate surface area is 193 Å². The van der Waals surface area contributed by atoms with Crippen molar-refractivity contribution in [1.82, 2.24) is 0 Å².